The van der Waals surface area contributed by atoms with E-state index in [1.807, 2.05) is 0 Å². The van der Waals surface area contributed by atoms with Gasteiger partial charge in [-0.2, -0.15) is 0 Å². The molecule has 60 valence electrons. The van der Waals surface area contributed by atoms with Gasteiger partial charge in [-0.15, -0.1) is 0 Å². The molecule has 0 aliphatic rings. The van der Waals surface area contributed by atoms with E-state index in [0.29, 0.717) is 6.42 Å². The second kappa shape index (κ2) is 7.07. The predicted molar refractivity (Wildman–Crippen MR) is 44.4 cm³/mol. The van der Waals surface area contributed by atoms with E-state index in [-0.39, 0.29) is 6.10 Å². The molecule has 1 heteroatoms. The van der Waals surface area contributed by atoms with Crippen molar-refractivity contribution in [3.8, 4) is 0 Å². The molecule has 0 amide bonds. The van der Waals surface area contributed by atoms with Crippen molar-refractivity contribution < 1.29 is 5.11 Å². The normalized spacial score (nSPS) is 13.5. The number of hydrogen-bond donors (Lipinski definition) is 1. The second-order valence-electron chi connectivity index (χ2n) is 2.65. The molecule has 0 aromatic heterocycles. The minimum atomic E-state index is -0.176. The highest BCUT2D eigenvalue weighted by Crippen LogP contribution is 2.06. The van der Waals surface area contributed by atoms with Crippen LogP contribution in [0.3, 0.4) is 0 Å². The summed E-state index contributed by atoms with van der Waals surface area (Å²) in [5.41, 5.74) is 0. The summed E-state index contributed by atoms with van der Waals surface area (Å²) in [5.74, 6) is 0. The van der Waals surface area contributed by atoms with Gasteiger partial charge in [0.25, 0.3) is 0 Å². The van der Waals surface area contributed by atoms with E-state index in [2.05, 4.69) is 13.8 Å². The zero-order valence-corrected chi connectivity index (χ0v) is 6.68. The lowest BCUT2D eigenvalue weighted by Crippen LogP contribution is -2.03. The van der Waals surface area contributed by atoms with E-state index in [1.54, 1.807) is 0 Å². The number of aliphatic hydroxyl groups excluding tert-OH is 1. The number of unbranched alkanes of at least 4 members (excludes halogenated alkanes) is 3. The first-order chi connectivity index (χ1) is 4.81. The van der Waals surface area contributed by atoms with Gasteiger partial charge in [0, 0.05) is 0 Å². The standard InChI is InChI=1S/C9H18O/c1-3-5-6-7-8-9(10)4-2/h9-10H,1-8H2. The first-order valence-electron chi connectivity index (χ1n) is 4.07. The van der Waals surface area contributed by atoms with Crippen LogP contribution in [0.5, 0.6) is 0 Å². The zero-order chi connectivity index (χ0) is 7.82. The Hall–Kier alpha value is -0.0400. The van der Waals surface area contributed by atoms with Crippen LogP contribution in [0.4, 0.5) is 0 Å². The quantitative estimate of drug-likeness (QED) is 0.564. The van der Waals surface area contributed by atoms with Crippen LogP contribution in [0.25, 0.3) is 0 Å². The van der Waals surface area contributed by atoms with E-state index >= 15 is 0 Å². The molecule has 0 aliphatic heterocycles. The van der Waals surface area contributed by atoms with Crippen LogP contribution in [0.2, 0.25) is 0 Å². The molecule has 0 heterocycles. The van der Waals surface area contributed by atoms with Gasteiger partial charge in [0.2, 0.25) is 0 Å². The fourth-order valence-electron chi connectivity index (χ4n) is 0.878. The molecular weight excluding hydrogens is 124 g/mol. The predicted octanol–water partition coefficient (Wildman–Crippen LogP) is 2.36. The van der Waals surface area contributed by atoms with E-state index in [4.69, 9.17) is 5.11 Å². The molecule has 10 heavy (non-hydrogen) atoms. The smallest absolute Gasteiger partial charge is 0.0540 e. The van der Waals surface area contributed by atoms with Gasteiger partial charge in [-0.1, -0.05) is 39.5 Å². The lowest BCUT2D eigenvalue weighted by molar-refractivity contribution is 0.163. The summed E-state index contributed by atoms with van der Waals surface area (Å²) >= 11 is 0. The van der Waals surface area contributed by atoms with Crippen LogP contribution in [-0.4, -0.2) is 11.2 Å². The Balaban J connectivity index is 2.89. The van der Waals surface area contributed by atoms with Crippen LogP contribution in [0.15, 0.2) is 0 Å². The van der Waals surface area contributed by atoms with Crippen molar-refractivity contribution in [1.82, 2.24) is 0 Å². The second-order valence-corrected chi connectivity index (χ2v) is 2.65. The van der Waals surface area contributed by atoms with Crippen molar-refractivity contribution in [1.29, 1.82) is 0 Å². The summed E-state index contributed by atoms with van der Waals surface area (Å²) in [7, 11) is 0. The van der Waals surface area contributed by atoms with Gasteiger partial charge in [-0.05, 0) is 12.8 Å². The highest BCUT2D eigenvalue weighted by molar-refractivity contribution is 4.56. The van der Waals surface area contributed by atoms with Crippen LogP contribution in [-0.2, 0) is 0 Å². The molecule has 0 aromatic rings. The van der Waals surface area contributed by atoms with Crippen LogP contribution in [0.1, 0.15) is 38.5 Å². The molecule has 1 N–H and O–H groups in total. The van der Waals surface area contributed by atoms with Gasteiger partial charge in [-0.3, -0.25) is 0 Å². The Morgan fingerprint density at radius 2 is 1.80 bits per heavy atom. The topological polar surface area (TPSA) is 20.2 Å². The molecule has 0 fully saturated rings. The van der Waals surface area contributed by atoms with Crippen molar-refractivity contribution in [3.63, 3.8) is 0 Å². The van der Waals surface area contributed by atoms with Crippen molar-refractivity contribution in [2.24, 2.45) is 0 Å². The first kappa shape index (κ1) is 9.96. The van der Waals surface area contributed by atoms with Crippen LogP contribution in [0, 0.1) is 13.8 Å². The molecule has 0 bridgehead atoms. The molecule has 1 atom stereocenters. The highest BCUT2D eigenvalue weighted by Gasteiger charge is 1.98. The maximum Gasteiger partial charge on any atom is 0.0540 e. The number of aliphatic hydroxyl groups is 1. The third-order valence-corrected chi connectivity index (χ3v) is 1.62. The largest absolute Gasteiger partial charge is 0.393 e. The SMILES string of the molecule is [CH2]CCCCCC(O)C[CH2]. The average molecular weight is 142 g/mol. The van der Waals surface area contributed by atoms with Crippen molar-refractivity contribution in [3.05, 3.63) is 13.8 Å². The average Bonchev–Trinajstić information content (AvgIpc) is 1.98. The van der Waals surface area contributed by atoms with E-state index in [1.165, 1.54) is 12.8 Å². The molecule has 1 nitrogen and oxygen atoms in total. The summed E-state index contributed by atoms with van der Waals surface area (Å²) in [6.45, 7) is 7.37. The van der Waals surface area contributed by atoms with E-state index in [0.717, 1.165) is 19.3 Å². The molecule has 0 spiro atoms. The van der Waals surface area contributed by atoms with Gasteiger partial charge >= 0.3 is 0 Å². The van der Waals surface area contributed by atoms with Gasteiger partial charge in [-0.25, -0.2) is 0 Å². The Kier molecular flexibility index (Phi) is 7.04. The van der Waals surface area contributed by atoms with Crippen LogP contribution >= 0.6 is 0 Å². The Labute approximate surface area is 64.5 Å². The highest BCUT2D eigenvalue weighted by atomic mass is 16.3. The van der Waals surface area contributed by atoms with Crippen molar-refractivity contribution in [2.45, 2.75) is 44.6 Å². The summed E-state index contributed by atoms with van der Waals surface area (Å²) < 4.78 is 0. The third kappa shape index (κ3) is 6.09. The number of rotatable bonds is 6. The minimum Gasteiger partial charge on any atom is -0.393 e. The minimum absolute atomic E-state index is 0.176. The summed E-state index contributed by atoms with van der Waals surface area (Å²) in [6, 6.07) is 0. The lowest BCUT2D eigenvalue weighted by atomic mass is 10.1. The van der Waals surface area contributed by atoms with E-state index in [9.17, 15) is 0 Å². The van der Waals surface area contributed by atoms with Crippen molar-refractivity contribution >= 4 is 0 Å². The molecular formula is C9H18O. The molecule has 0 aromatic carbocycles. The Bertz CT molecular complexity index is 61.7. The fourth-order valence-corrected chi connectivity index (χ4v) is 0.878. The maximum atomic E-state index is 9.08. The molecule has 0 saturated heterocycles. The maximum absolute atomic E-state index is 9.08. The van der Waals surface area contributed by atoms with Gasteiger partial charge in [0.15, 0.2) is 0 Å². The zero-order valence-electron chi connectivity index (χ0n) is 6.68. The van der Waals surface area contributed by atoms with E-state index < -0.39 is 0 Å². The molecule has 0 rings (SSSR count). The lowest BCUT2D eigenvalue weighted by Gasteiger charge is -2.05. The monoisotopic (exact) mass is 142 g/mol. The number of hydrogen-bond acceptors (Lipinski definition) is 1. The Morgan fingerprint density at radius 1 is 1.10 bits per heavy atom. The molecule has 0 saturated carbocycles. The van der Waals surface area contributed by atoms with Gasteiger partial charge < -0.3 is 5.11 Å². The van der Waals surface area contributed by atoms with Gasteiger partial charge in [0.05, 0.1) is 6.10 Å². The molecule has 0 aliphatic carbocycles. The third-order valence-electron chi connectivity index (χ3n) is 1.62. The van der Waals surface area contributed by atoms with Gasteiger partial charge in [0.1, 0.15) is 0 Å². The van der Waals surface area contributed by atoms with Crippen LogP contribution < -0.4 is 0 Å². The Morgan fingerprint density at radius 3 is 2.30 bits per heavy atom. The first-order valence-corrected chi connectivity index (χ1v) is 4.07. The summed E-state index contributed by atoms with van der Waals surface area (Å²) in [4.78, 5) is 0. The van der Waals surface area contributed by atoms with Crippen molar-refractivity contribution in [2.75, 3.05) is 0 Å². The molecule has 1 unspecified atom stereocenters. The molecule has 2 radical (unpaired) electrons. The summed E-state index contributed by atoms with van der Waals surface area (Å²) in [6.07, 6.45) is 5.88. The fraction of sp³-hybridized carbons (Fsp3) is 0.778. The summed E-state index contributed by atoms with van der Waals surface area (Å²) in [5, 5.41) is 9.08.